The van der Waals surface area contributed by atoms with E-state index in [1.165, 1.54) is 11.3 Å². The zero-order chi connectivity index (χ0) is 18.1. The maximum absolute atomic E-state index is 12.3. The van der Waals surface area contributed by atoms with Crippen LogP contribution in [0.4, 0.5) is 5.69 Å². The molecule has 1 amide bonds. The lowest BCUT2D eigenvalue weighted by Crippen LogP contribution is -2.20. The number of benzene rings is 1. The lowest BCUT2D eigenvalue weighted by Gasteiger charge is -2.10. The summed E-state index contributed by atoms with van der Waals surface area (Å²) in [5.41, 5.74) is 3.22. The van der Waals surface area contributed by atoms with E-state index in [2.05, 4.69) is 0 Å². The van der Waals surface area contributed by atoms with Crippen LogP contribution < -0.4 is 4.90 Å². The molecule has 25 heavy (non-hydrogen) atoms. The van der Waals surface area contributed by atoms with E-state index in [0.717, 1.165) is 28.1 Å². The second-order valence-electron chi connectivity index (χ2n) is 6.02. The van der Waals surface area contributed by atoms with Crippen molar-refractivity contribution in [2.75, 3.05) is 18.6 Å². The average Bonchev–Trinajstić information content (AvgIpc) is 3.12. The summed E-state index contributed by atoms with van der Waals surface area (Å²) in [4.78, 5) is 39.3. The molecule has 130 valence electrons. The number of ether oxygens (including phenoxy) is 1. The third-order valence-corrected chi connectivity index (χ3v) is 5.49. The molecule has 1 aromatic carbocycles. The van der Waals surface area contributed by atoms with E-state index in [-0.39, 0.29) is 18.3 Å². The van der Waals surface area contributed by atoms with Gasteiger partial charge in [0.05, 0.1) is 6.42 Å². The number of fused-ring (bicyclic) bond motifs is 1. The molecule has 0 bridgehead atoms. The fourth-order valence-corrected chi connectivity index (χ4v) is 3.91. The minimum absolute atomic E-state index is 0.00539. The van der Waals surface area contributed by atoms with Gasteiger partial charge in [-0.25, -0.2) is 4.79 Å². The van der Waals surface area contributed by atoms with E-state index in [1.54, 1.807) is 30.1 Å². The van der Waals surface area contributed by atoms with E-state index < -0.39 is 5.97 Å². The number of ketones is 1. The number of thiophene rings is 1. The average molecular weight is 357 g/mol. The predicted octanol–water partition coefficient (Wildman–Crippen LogP) is 3.18. The van der Waals surface area contributed by atoms with Crippen LogP contribution >= 0.6 is 11.3 Å². The molecule has 0 saturated carbocycles. The first-order chi connectivity index (χ1) is 11.9. The van der Waals surface area contributed by atoms with Crippen molar-refractivity contribution >= 4 is 34.7 Å². The van der Waals surface area contributed by atoms with Crippen LogP contribution in [-0.2, 0) is 22.4 Å². The van der Waals surface area contributed by atoms with Gasteiger partial charge in [-0.1, -0.05) is 6.92 Å². The normalized spacial score (nSPS) is 13.1. The lowest BCUT2D eigenvalue weighted by atomic mass is 10.1. The Morgan fingerprint density at radius 2 is 2.04 bits per heavy atom. The van der Waals surface area contributed by atoms with E-state index in [0.29, 0.717) is 16.9 Å². The van der Waals surface area contributed by atoms with Gasteiger partial charge in [-0.3, -0.25) is 9.59 Å². The third kappa shape index (κ3) is 3.35. The van der Waals surface area contributed by atoms with Gasteiger partial charge in [0.25, 0.3) is 0 Å². The zero-order valence-electron chi connectivity index (χ0n) is 14.4. The quantitative estimate of drug-likeness (QED) is 0.609. The number of aryl methyl sites for hydroxylation is 2. The number of nitrogens with zero attached hydrogens (tertiary/aromatic N) is 1. The summed E-state index contributed by atoms with van der Waals surface area (Å²) in [7, 11) is 1.71. The summed E-state index contributed by atoms with van der Waals surface area (Å²) in [6.45, 7) is 3.69. The minimum atomic E-state index is -0.475. The van der Waals surface area contributed by atoms with E-state index in [9.17, 15) is 14.4 Å². The Balaban J connectivity index is 1.66. The van der Waals surface area contributed by atoms with Crippen molar-refractivity contribution in [3.05, 3.63) is 50.7 Å². The molecule has 0 radical (unpaired) electrons. The molecule has 5 nitrogen and oxygen atoms in total. The van der Waals surface area contributed by atoms with Gasteiger partial charge >= 0.3 is 5.97 Å². The monoisotopic (exact) mass is 357 g/mol. The van der Waals surface area contributed by atoms with Gasteiger partial charge in [-0.2, -0.15) is 0 Å². The van der Waals surface area contributed by atoms with Gasteiger partial charge in [0.1, 0.15) is 4.88 Å². The molecule has 3 rings (SSSR count). The molecule has 2 heterocycles. The smallest absolute Gasteiger partial charge is 0.348 e. The van der Waals surface area contributed by atoms with Crippen molar-refractivity contribution in [1.29, 1.82) is 0 Å². The van der Waals surface area contributed by atoms with Crippen molar-refractivity contribution in [2.24, 2.45) is 0 Å². The summed E-state index contributed by atoms with van der Waals surface area (Å²) in [6, 6.07) is 6.95. The maximum Gasteiger partial charge on any atom is 0.348 e. The third-order valence-electron chi connectivity index (χ3n) is 4.42. The molecule has 2 aromatic rings. The standard InChI is InChI=1S/C19H19NO4S/c1-4-12-8-17(25-11(12)2)19(23)24-10-16(21)13-5-6-15-14(7-13)9-18(22)20(15)3/h5-8H,4,9-10H2,1-3H3. The fraction of sp³-hybridized carbons (Fsp3) is 0.316. The second-order valence-corrected chi connectivity index (χ2v) is 7.27. The number of carbonyl (C=O) groups is 3. The molecule has 0 atom stereocenters. The van der Waals surface area contributed by atoms with Crippen LogP contribution in [0.15, 0.2) is 24.3 Å². The summed E-state index contributed by atoms with van der Waals surface area (Å²) < 4.78 is 5.16. The Morgan fingerprint density at radius 1 is 1.28 bits per heavy atom. The first-order valence-electron chi connectivity index (χ1n) is 8.09. The number of carbonyl (C=O) groups excluding carboxylic acids is 3. The molecule has 1 aliphatic rings. The number of likely N-dealkylation sites (N-methyl/N-ethyl adjacent to an activating group) is 1. The first-order valence-corrected chi connectivity index (χ1v) is 8.91. The molecule has 0 aliphatic carbocycles. The topological polar surface area (TPSA) is 63.7 Å². The van der Waals surface area contributed by atoms with Gasteiger partial charge in [0.15, 0.2) is 12.4 Å². The number of rotatable bonds is 5. The zero-order valence-corrected chi connectivity index (χ0v) is 15.2. The Labute approximate surface area is 150 Å². The number of hydrogen-bond acceptors (Lipinski definition) is 5. The molecular weight excluding hydrogens is 338 g/mol. The van der Waals surface area contributed by atoms with Crippen LogP contribution in [0.3, 0.4) is 0 Å². The van der Waals surface area contributed by atoms with Gasteiger partial charge in [0, 0.05) is 23.2 Å². The summed E-state index contributed by atoms with van der Waals surface area (Å²) >= 11 is 1.38. The van der Waals surface area contributed by atoms with Crippen molar-refractivity contribution < 1.29 is 19.1 Å². The number of esters is 1. The summed E-state index contributed by atoms with van der Waals surface area (Å²) in [6.07, 6.45) is 1.15. The molecule has 1 aromatic heterocycles. The van der Waals surface area contributed by atoms with Gasteiger partial charge in [-0.05, 0) is 48.7 Å². The van der Waals surface area contributed by atoms with E-state index >= 15 is 0 Å². The lowest BCUT2D eigenvalue weighted by molar-refractivity contribution is -0.117. The highest BCUT2D eigenvalue weighted by molar-refractivity contribution is 7.14. The van der Waals surface area contributed by atoms with E-state index in [4.69, 9.17) is 4.74 Å². The van der Waals surface area contributed by atoms with Crippen molar-refractivity contribution in [2.45, 2.75) is 26.7 Å². The molecule has 0 saturated heterocycles. The Bertz CT molecular complexity index is 868. The number of hydrogen-bond donors (Lipinski definition) is 0. The number of Topliss-reactive ketones (excluding diaryl/α,β-unsaturated/α-hetero) is 1. The first kappa shape index (κ1) is 17.4. The number of amides is 1. The van der Waals surface area contributed by atoms with Gasteiger partial charge < -0.3 is 9.64 Å². The molecule has 0 N–H and O–H groups in total. The van der Waals surface area contributed by atoms with Gasteiger partial charge in [-0.15, -0.1) is 11.3 Å². The van der Waals surface area contributed by atoms with Crippen LogP contribution in [0.2, 0.25) is 0 Å². The minimum Gasteiger partial charge on any atom is -0.453 e. The highest BCUT2D eigenvalue weighted by atomic mass is 32.1. The largest absolute Gasteiger partial charge is 0.453 e. The second kappa shape index (κ2) is 6.80. The molecule has 6 heteroatoms. The Morgan fingerprint density at radius 3 is 2.72 bits per heavy atom. The molecular formula is C19H19NO4S. The molecule has 0 spiro atoms. The van der Waals surface area contributed by atoms with Crippen molar-refractivity contribution in [3.8, 4) is 0 Å². The summed E-state index contributed by atoms with van der Waals surface area (Å²) in [5, 5.41) is 0. The predicted molar refractivity (Wildman–Crippen MR) is 96.6 cm³/mol. The van der Waals surface area contributed by atoms with E-state index in [1.807, 2.05) is 19.9 Å². The highest BCUT2D eigenvalue weighted by Gasteiger charge is 2.25. The van der Waals surface area contributed by atoms with Gasteiger partial charge in [0.2, 0.25) is 5.91 Å². The van der Waals surface area contributed by atoms with Crippen LogP contribution in [0.5, 0.6) is 0 Å². The Hall–Kier alpha value is -2.47. The van der Waals surface area contributed by atoms with Crippen LogP contribution in [0, 0.1) is 6.92 Å². The summed E-state index contributed by atoms with van der Waals surface area (Å²) in [5.74, 6) is -0.745. The van der Waals surface area contributed by atoms with Crippen molar-refractivity contribution in [3.63, 3.8) is 0 Å². The maximum atomic E-state index is 12.3. The van der Waals surface area contributed by atoms with Crippen LogP contribution in [0.25, 0.3) is 0 Å². The fourth-order valence-electron chi connectivity index (χ4n) is 2.90. The molecule has 0 unspecified atom stereocenters. The SMILES string of the molecule is CCc1cc(C(=O)OCC(=O)c2ccc3c(c2)CC(=O)N3C)sc1C. The number of anilines is 1. The molecule has 0 fully saturated rings. The van der Waals surface area contributed by atoms with Crippen molar-refractivity contribution in [1.82, 2.24) is 0 Å². The Kier molecular flexibility index (Phi) is 4.72. The van der Waals surface area contributed by atoms with Crippen LogP contribution in [0.1, 0.15) is 43.0 Å². The van der Waals surface area contributed by atoms with Crippen LogP contribution in [-0.4, -0.2) is 31.3 Å². The molecule has 1 aliphatic heterocycles. The highest BCUT2D eigenvalue weighted by Crippen LogP contribution is 2.28.